The molecule has 0 aliphatic carbocycles. The Morgan fingerprint density at radius 1 is 1.25 bits per heavy atom. The smallest absolute Gasteiger partial charge is 0.107 e. The molecule has 1 unspecified atom stereocenters. The molecule has 2 rings (SSSR count). The van der Waals surface area contributed by atoms with Crippen molar-refractivity contribution in [3.8, 4) is 0 Å². The molecular weight excluding hydrogens is 327 g/mol. The predicted molar refractivity (Wildman–Crippen MR) is 75.8 cm³/mol. The van der Waals surface area contributed by atoms with E-state index in [0.29, 0.717) is 0 Å². The Kier molecular flexibility index (Phi) is 4.31. The van der Waals surface area contributed by atoms with Gasteiger partial charge in [0.15, 0.2) is 0 Å². The second-order valence-corrected chi connectivity index (χ2v) is 6.49. The van der Waals surface area contributed by atoms with Crippen molar-refractivity contribution in [2.45, 2.75) is 11.8 Å². The number of hydrogen-bond donors (Lipinski definition) is 0. The quantitative estimate of drug-likeness (QED) is 0.632. The molecule has 0 amide bonds. The van der Waals surface area contributed by atoms with E-state index in [2.05, 4.69) is 28.1 Å². The lowest BCUT2D eigenvalue weighted by Crippen LogP contribution is -1.92. The van der Waals surface area contributed by atoms with Crippen LogP contribution >= 0.6 is 50.5 Å². The molecule has 0 nitrogen and oxygen atoms in total. The Morgan fingerprint density at radius 3 is 2.50 bits per heavy atom. The zero-order chi connectivity index (χ0) is 11.5. The topological polar surface area (TPSA) is 0 Å². The van der Waals surface area contributed by atoms with E-state index in [0.717, 1.165) is 20.1 Å². The van der Waals surface area contributed by atoms with Crippen molar-refractivity contribution in [3.05, 3.63) is 55.6 Å². The molecule has 0 saturated heterocycles. The molecule has 1 atom stereocenters. The standard InChI is InChI=1S/C12H9BrCl2S/c13-9-7-11(16-12(9)15)10(14)6-8-4-2-1-3-5-8/h1-5,7,10H,6H2. The molecule has 84 valence electrons. The molecule has 2 aromatic rings. The Balaban J connectivity index is 2.11. The Morgan fingerprint density at radius 2 is 1.94 bits per heavy atom. The van der Waals surface area contributed by atoms with Gasteiger partial charge in [0.2, 0.25) is 0 Å². The normalized spacial score (nSPS) is 12.7. The highest BCUT2D eigenvalue weighted by molar-refractivity contribution is 9.10. The summed E-state index contributed by atoms with van der Waals surface area (Å²) in [5, 5.41) is -0.0174. The average molecular weight is 336 g/mol. The van der Waals surface area contributed by atoms with Crippen LogP contribution in [0.25, 0.3) is 0 Å². The van der Waals surface area contributed by atoms with E-state index in [1.54, 1.807) is 0 Å². The molecule has 0 saturated carbocycles. The summed E-state index contributed by atoms with van der Waals surface area (Å²) in [5.41, 5.74) is 1.24. The maximum atomic E-state index is 6.36. The minimum absolute atomic E-state index is 0.0174. The first-order chi connectivity index (χ1) is 7.66. The van der Waals surface area contributed by atoms with E-state index in [4.69, 9.17) is 23.2 Å². The maximum Gasteiger partial charge on any atom is 0.107 e. The van der Waals surface area contributed by atoms with Crippen molar-refractivity contribution in [1.82, 2.24) is 0 Å². The molecule has 0 bridgehead atoms. The first-order valence-electron chi connectivity index (χ1n) is 4.79. The van der Waals surface area contributed by atoms with Crippen LogP contribution in [-0.2, 0) is 6.42 Å². The van der Waals surface area contributed by atoms with Crippen LogP contribution in [0.2, 0.25) is 4.34 Å². The largest absolute Gasteiger partial charge is 0.126 e. The van der Waals surface area contributed by atoms with Crippen LogP contribution in [0.4, 0.5) is 0 Å². The predicted octanol–water partition coefficient (Wildman–Crippen LogP) is 5.69. The van der Waals surface area contributed by atoms with Gasteiger partial charge in [0.25, 0.3) is 0 Å². The molecule has 0 N–H and O–H groups in total. The monoisotopic (exact) mass is 334 g/mol. The molecule has 0 aliphatic heterocycles. The minimum atomic E-state index is -0.0174. The fraction of sp³-hybridized carbons (Fsp3) is 0.167. The zero-order valence-corrected chi connectivity index (χ0v) is 12.2. The molecule has 0 spiro atoms. The molecule has 0 fully saturated rings. The van der Waals surface area contributed by atoms with Gasteiger partial charge in [-0.05, 0) is 34.0 Å². The summed E-state index contributed by atoms with van der Waals surface area (Å²) >= 11 is 17.3. The van der Waals surface area contributed by atoms with E-state index in [1.165, 1.54) is 16.9 Å². The Labute approximate surface area is 117 Å². The molecule has 0 radical (unpaired) electrons. The number of alkyl halides is 1. The highest BCUT2D eigenvalue weighted by Crippen LogP contribution is 2.38. The van der Waals surface area contributed by atoms with E-state index in [9.17, 15) is 0 Å². The Hall–Kier alpha value is -0.0200. The molecular formula is C12H9BrCl2S. The van der Waals surface area contributed by atoms with Crippen molar-refractivity contribution >= 4 is 50.5 Å². The van der Waals surface area contributed by atoms with Gasteiger partial charge < -0.3 is 0 Å². The van der Waals surface area contributed by atoms with Gasteiger partial charge in [-0.15, -0.1) is 22.9 Å². The second-order valence-electron chi connectivity index (χ2n) is 3.43. The summed E-state index contributed by atoms with van der Waals surface area (Å²) < 4.78 is 1.68. The number of halogens is 3. The molecule has 0 aliphatic rings. The molecule has 1 aromatic carbocycles. The lowest BCUT2D eigenvalue weighted by atomic mass is 10.1. The van der Waals surface area contributed by atoms with Crippen LogP contribution < -0.4 is 0 Å². The summed E-state index contributed by atoms with van der Waals surface area (Å²) in [6.07, 6.45) is 0.825. The van der Waals surface area contributed by atoms with Crippen LogP contribution in [0.5, 0.6) is 0 Å². The van der Waals surface area contributed by atoms with Crippen LogP contribution in [0.1, 0.15) is 15.8 Å². The third-order valence-corrected chi connectivity index (χ3v) is 5.34. The highest BCUT2D eigenvalue weighted by atomic mass is 79.9. The average Bonchev–Trinajstić information content (AvgIpc) is 2.61. The van der Waals surface area contributed by atoms with E-state index in [1.807, 2.05) is 24.3 Å². The fourth-order valence-corrected chi connectivity index (χ4v) is 3.53. The number of rotatable bonds is 3. The van der Waals surface area contributed by atoms with Gasteiger partial charge in [0, 0.05) is 9.35 Å². The fourth-order valence-electron chi connectivity index (χ4n) is 1.44. The molecule has 1 heterocycles. The highest BCUT2D eigenvalue weighted by Gasteiger charge is 2.13. The zero-order valence-electron chi connectivity index (χ0n) is 8.29. The second kappa shape index (κ2) is 5.54. The summed E-state index contributed by atoms with van der Waals surface area (Å²) in [7, 11) is 0. The summed E-state index contributed by atoms with van der Waals surface area (Å²) in [6, 6.07) is 12.2. The van der Waals surface area contributed by atoms with Gasteiger partial charge in [-0.25, -0.2) is 0 Å². The third kappa shape index (κ3) is 3.01. The van der Waals surface area contributed by atoms with Gasteiger partial charge in [-0.3, -0.25) is 0 Å². The van der Waals surface area contributed by atoms with Gasteiger partial charge >= 0.3 is 0 Å². The summed E-state index contributed by atoms with van der Waals surface area (Å²) in [6.45, 7) is 0. The van der Waals surface area contributed by atoms with Gasteiger partial charge in [-0.2, -0.15) is 0 Å². The van der Waals surface area contributed by atoms with Crippen LogP contribution in [0, 0.1) is 0 Å². The third-order valence-electron chi connectivity index (χ3n) is 2.23. The molecule has 4 heteroatoms. The summed E-state index contributed by atoms with van der Waals surface area (Å²) in [5.74, 6) is 0. The van der Waals surface area contributed by atoms with Crippen molar-refractivity contribution in [3.63, 3.8) is 0 Å². The van der Waals surface area contributed by atoms with Gasteiger partial charge in [-0.1, -0.05) is 41.9 Å². The van der Waals surface area contributed by atoms with E-state index < -0.39 is 0 Å². The SMILES string of the molecule is Clc1sc(C(Cl)Cc2ccccc2)cc1Br. The van der Waals surface area contributed by atoms with Crippen molar-refractivity contribution in [1.29, 1.82) is 0 Å². The summed E-state index contributed by atoms with van der Waals surface area (Å²) in [4.78, 5) is 1.10. The van der Waals surface area contributed by atoms with Crippen LogP contribution in [0.3, 0.4) is 0 Å². The van der Waals surface area contributed by atoms with Crippen LogP contribution in [-0.4, -0.2) is 0 Å². The number of benzene rings is 1. The lowest BCUT2D eigenvalue weighted by molar-refractivity contribution is 0.939. The van der Waals surface area contributed by atoms with Gasteiger partial charge in [0.05, 0.1) is 5.38 Å². The molecule has 1 aromatic heterocycles. The van der Waals surface area contributed by atoms with Crippen molar-refractivity contribution in [2.24, 2.45) is 0 Å². The number of thiophene rings is 1. The maximum absolute atomic E-state index is 6.36. The van der Waals surface area contributed by atoms with Crippen molar-refractivity contribution < 1.29 is 0 Å². The van der Waals surface area contributed by atoms with Gasteiger partial charge in [0.1, 0.15) is 4.34 Å². The van der Waals surface area contributed by atoms with Crippen molar-refractivity contribution in [2.75, 3.05) is 0 Å². The number of hydrogen-bond acceptors (Lipinski definition) is 1. The Bertz CT molecular complexity index is 448. The minimum Gasteiger partial charge on any atom is -0.126 e. The van der Waals surface area contributed by atoms with Crippen LogP contribution in [0.15, 0.2) is 40.9 Å². The van der Waals surface area contributed by atoms with E-state index in [-0.39, 0.29) is 5.38 Å². The lowest BCUT2D eigenvalue weighted by Gasteiger charge is -2.06. The molecule has 16 heavy (non-hydrogen) atoms. The first kappa shape index (κ1) is 12.4. The van der Waals surface area contributed by atoms with E-state index >= 15 is 0 Å². The first-order valence-corrected chi connectivity index (χ1v) is 7.22.